The molecule has 1 aliphatic rings. The fourth-order valence-electron chi connectivity index (χ4n) is 3.22. The van der Waals surface area contributed by atoms with E-state index in [-0.39, 0.29) is 48.4 Å². The number of likely N-dealkylation sites (N-methyl/N-ethyl adjacent to an activating group) is 1. The number of methoxy groups -OCH3 is 1. The van der Waals surface area contributed by atoms with E-state index in [0.717, 1.165) is 4.31 Å². The summed E-state index contributed by atoms with van der Waals surface area (Å²) in [6.45, 7) is 0.359. The Bertz CT molecular complexity index is 1110. The summed E-state index contributed by atoms with van der Waals surface area (Å²) in [6, 6.07) is 14.0. The van der Waals surface area contributed by atoms with Crippen LogP contribution in [0.5, 0.6) is 5.75 Å². The van der Waals surface area contributed by atoms with Crippen molar-refractivity contribution in [3.05, 3.63) is 54.6 Å². The first-order chi connectivity index (χ1) is 14.7. The Morgan fingerprint density at radius 3 is 2.03 bits per heavy atom. The molecule has 1 fully saturated rings. The van der Waals surface area contributed by atoms with Gasteiger partial charge in [-0.1, -0.05) is 18.2 Å². The average Bonchev–Trinajstić information content (AvgIpc) is 2.79. The second-order valence-corrected chi connectivity index (χ2v) is 11.0. The molecule has 1 aliphatic heterocycles. The number of carbonyl (C=O) groups excluding carboxylic acids is 1. The number of ether oxygens (including phenoxy) is 1. The fraction of sp³-hybridized carbons (Fsp3) is 0.350. The van der Waals surface area contributed by atoms with Crippen molar-refractivity contribution >= 4 is 26.0 Å². The van der Waals surface area contributed by atoms with Crippen molar-refractivity contribution in [1.29, 1.82) is 0 Å². The van der Waals surface area contributed by atoms with Gasteiger partial charge in [0, 0.05) is 33.2 Å². The van der Waals surface area contributed by atoms with Gasteiger partial charge in [-0.05, 0) is 36.4 Å². The van der Waals surface area contributed by atoms with Crippen LogP contribution >= 0.6 is 0 Å². The third kappa shape index (κ3) is 5.06. The van der Waals surface area contributed by atoms with Crippen molar-refractivity contribution in [3.8, 4) is 5.75 Å². The summed E-state index contributed by atoms with van der Waals surface area (Å²) in [6.07, 6.45) is 0. The van der Waals surface area contributed by atoms with E-state index in [9.17, 15) is 21.6 Å². The van der Waals surface area contributed by atoms with E-state index in [2.05, 4.69) is 0 Å². The molecule has 11 heteroatoms. The first kappa shape index (κ1) is 23.2. The number of piperazine rings is 1. The molecule has 0 bridgehead atoms. The molecule has 0 saturated carbocycles. The van der Waals surface area contributed by atoms with Crippen LogP contribution in [0.4, 0.5) is 0 Å². The zero-order chi connectivity index (χ0) is 22.6. The van der Waals surface area contributed by atoms with Gasteiger partial charge >= 0.3 is 0 Å². The largest absolute Gasteiger partial charge is 0.497 e. The molecule has 168 valence electrons. The minimum absolute atomic E-state index is 0.0578. The smallest absolute Gasteiger partial charge is 0.243 e. The number of hydrogen-bond acceptors (Lipinski definition) is 6. The molecule has 1 amide bonds. The molecule has 2 aromatic carbocycles. The normalized spacial score (nSPS) is 15.8. The Morgan fingerprint density at radius 1 is 0.903 bits per heavy atom. The van der Waals surface area contributed by atoms with Crippen molar-refractivity contribution in [2.45, 2.75) is 9.79 Å². The van der Waals surface area contributed by atoms with Crippen molar-refractivity contribution in [2.24, 2.45) is 0 Å². The van der Waals surface area contributed by atoms with Crippen LogP contribution in [0.3, 0.4) is 0 Å². The van der Waals surface area contributed by atoms with Gasteiger partial charge in [0.1, 0.15) is 5.75 Å². The van der Waals surface area contributed by atoms with Gasteiger partial charge in [0.15, 0.2) is 0 Å². The molecule has 0 aromatic heterocycles. The summed E-state index contributed by atoms with van der Waals surface area (Å²) in [4.78, 5) is 14.4. The molecule has 0 atom stereocenters. The van der Waals surface area contributed by atoms with Crippen molar-refractivity contribution in [3.63, 3.8) is 0 Å². The van der Waals surface area contributed by atoms with Gasteiger partial charge in [0.05, 0.1) is 23.4 Å². The number of sulfonamides is 2. The monoisotopic (exact) mass is 467 g/mol. The lowest BCUT2D eigenvalue weighted by atomic mass is 10.3. The van der Waals surface area contributed by atoms with Gasteiger partial charge in [-0.25, -0.2) is 16.8 Å². The van der Waals surface area contributed by atoms with E-state index in [0.29, 0.717) is 5.75 Å². The molecule has 1 saturated heterocycles. The van der Waals surface area contributed by atoms with E-state index in [4.69, 9.17) is 4.74 Å². The maximum Gasteiger partial charge on any atom is 0.243 e. The quantitative estimate of drug-likeness (QED) is 0.598. The van der Waals surface area contributed by atoms with Gasteiger partial charge in [-0.3, -0.25) is 4.79 Å². The summed E-state index contributed by atoms with van der Waals surface area (Å²) < 4.78 is 58.2. The molecule has 0 aliphatic carbocycles. The molecule has 9 nitrogen and oxygen atoms in total. The predicted molar refractivity (Wildman–Crippen MR) is 115 cm³/mol. The lowest BCUT2D eigenvalue weighted by Gasteiger charge is -2.34. The molecule has 1 heterocycles. The number of amides is 1. The number of carbonyl (C=O) groups is 1. The third-order valence-corrected chi connectivity index (χ3v) is 8.83. The topological polar surface area (TPSA) is 104 Å². The lowest BCUT2D eigenvalue weighted by molar-refractivity contribution is -0.132. The van der Waals surface area contributed by atoms with Crippen LogP contribution in [0.25, 0.3) is 0 Å². The van der Waals surface area contributed by atoms with Gasteiger partial charge in [-0.15, -0.1) is 0 Å². The van der Waals surface area contributed by atoms with E-state index < -0.39 is 20.0 Å². The van der Waals surface area contributed by atoms with Crippen LogP contribution in [0.1, 0.15) is 0 Å². The first-order valence-corrected chi connectivity index (χ1v) is 12.5. The molecule has 0 spiro atoms. The highest BCUT2D eigenvalue weighted by atomic mass is 32.2. The summed E-state index contributed by atoms with van der Waals surface area (Å²) in [5.74, 6) is 0.150. The highest BCUT2D eigenvalue weighted by Crippen LogP contribution is 2.20. The van der Waals surface area contributed by atoms with Crippen LogP contribution in [-0.2, 0) is 24.8 Å². The molecule has 2 aromatic rings. The number of hydrogen-bond donors (Lipinski definition) is 0. The highest BCUT2D eigenvalue weighted by Gasteiger charge is 2.31. The van der Waals surface area contributed by atoms with E-state index in [1.54, 1.807) is 18.2 Å². The molecular weight excluding hydrogens is 442 g/mol. The third-order valence-electron chi connectivity index (χ3n) is 5.10. The zero-order valence-corrected chi connectivity index (χ0v) is 19.0. The van der Waals surface area contributed by atoms with Gasteiger partial charge in [0.2, 0.25) is 26.0 Å². The Morgan fingerprint density at radius 2 is 1.48 bits per heavy atom. The molecule has 0 radical (unpaired) electrons. The minimum atomic E-state index is -3.84. The highest BCUT2D eigenvalue weighted by molar-refractivity contribution is 7.89. The van der Waals surface area contributed by atoms with E-state index in [1.165, 1.54) is 59.8 Å². The van der Waals surface area contributed by atoms with Crippen LogP contribution in [0.2, 0.25) is 0 Å². The molecule has 0 N–H and O–H groups in total. The zero-order valence-electron chi connectivity index (χ0n) is 17.3. The number of benzene rings is 2. The Balaban J connectivity index is 1.60. The van der Waals surface area contributed by atoms with Crippen molar-refractivity contribution < 1.29 is 26.4 Å². The van der Waals surface area contributed by atoms with Crippen LogP contribution in [0, 0.1) is 0 Å². The summed E-state index contributed by atoms with van der Waals surface area (Å²) in [5, 5.41) is 0. The molecule has 31 heavy (non-hydrogen) atoms. The molecule has 3 rings (SSSR count). The maximum atomic E-state index is 12.7. The molecular formula is C20H25N3O6S2. The number of nitrogens with zero attached hydrogens (tertiary/aromatic N) is 3. The van der Waals surface area contributed by atoms with Crippen molar-refractivity contribution in [1.82, 2.24) is 13.5 Å². The van der Waals surface area contributed by atoms with E-state index >= 15 is 0 Å². The van der Waals surface area contributed by atoms with Gasteiger partial charge in [0.25, 0.3) is 0 Å². The van der Waals surface area contributed by atoms with Crippen LogP contribution < -0.4 is 4.74 Å². The van der Waals surface area contributed by atoms with Crippen molar-refractivity contribution in [2.75, 3.05) is 46.9 Å². The summed E-state index contributed by atoms with van der Waals surface area (Å²) >= 11 is 0. The lowest BCUT2D eigenvalue weighted by Crippen LogP contribution is -2.52. The second kappa shape index (κ2) is 9.35. The maximum absolute atomic E-state index is 12.7. The second-order valence-electron chi connectivity index (χ2n) is 7.03. The standard InChI is InChI=1S/C20H25N3O6S2/c1-21(30(25,26)19-10-8-17(29-2)9-11-19)16-20(24)22-12-14-23(15-13-22)31(27,28)18-6-4-3-5-7-18/h3-11H,12-16H2,1-2H3. The SMILES string of the molecule is COc1ccc(S(=O)(=O)N(C)CC(=O)N2CCN(S(=O)(=O)c3ccccc3)CC2)cc1. The molecule has 0 unspecified atom stereocenters. The van der Waals surface area contributed by atoms with Gasteiger partial charge < -0.3 is 9.64 Å². The fourth-order valence-corrected chi connectivity index (χ4v) is 5.79. The first-order valence-electron chi connectivity index (χ1n) is 9.59. The Labute approximate surface area is 182 Å². The number of rotatable bonds is 7. The minimum Gasteiger partial charge on any atom is -0.497 e. The van der Waals surface area contributed by atoms with Crippen LogP contribution in [-0.4, -0.2) is 83.1 Å². The average molecular weight is 468 g/mol. The van der Waals surface area contributed by atoms with Crippen LogP contribution in [0.15, 0.2) is 64.4 Å². The van der Waals surface area contributed by atoms with Gasteiger partial charge in [-0.2, -0.15) is 8.61 Å². The van der Waals surface area contributed by atoms with E-state index in [1.807, 2.05) is 0 Å². The Kier molecular flexibility index (Phi) is 6.99. The predicted octanol–water partition coefficient (Wildman–Crippen LogP) is 0.849. The summed E-state index contributed by atoms with van der Waals surface area (Å²) in [5.41, 5.74) is 0. The Hall–Kier alpha value is -2.47. The summed E-state index contributed by atoms with van der Waals surface area (Å²) in [7, 11) is -4.64.